The van der Waals surface area contributed by atoms with Gasteiger partial charge in [-0.3, -0.25) is 0 Å². The lowest BCUT2D eigenvalue weighted by Gasteiger charge is -2.36. The highest BCUT2D eigenvalue weighted by Gasteiger charge is 2.57. The van der Waals surface area contributed by atoms with Crippen molar-refractivity contribution in [3.8, 4) is 16.9 Å². The lowest BCUT2D eigenvalue weighted by atomic mass is 9.66. The predicted octanol–water partition coefficient (Wildman–Crippen LogP) is 6.78. The molecular weight excluding hydrogens is 380 g/mol. The monoisotopic (exact) mass is 404 g/mol. The van der Waals surface area contributed by atoms with E-state index in [0.717, 1.165) is 11.3 Å². The molecule has 1 nitrogen and oxygen atoms in total. The molecule has 0 radical (unpaired) electrons. The summed E-state index contributed by atoms with van der Waals surface area (Å²) < 4.78 is 0. The minimum absolute atomic E-state index is 0.111. The average molecular weight is 405 g/mol. The summed E-state index contributed by atoms with van der Waals surface area (Å²) in [7, 11) is 0. The van der Waals surface area contributed by atoms with E-state index in [4.69, 9.17) is 0 Å². The Kier molecular flexibility index (Phi) is 3.68. The van der Waals surface area contributed by atoms with Crippen molar-refractivity contribution >= 4 is 35.2 Å². The van der Waals surface area contributed by atoms with Gasteiger partial charge in [0.25, 0.3) is 0 Å². The van der Waals surface area contributed by atoms with Gasteiger partial charge in [-0.2, -0.15) is 12.6 Å². The van der Waals surface area contributed by atoms with Crippen LogP contribution in [0.25, 0.3) is 21.9 Å². The summed E-state index contributed by atoms with van der Waals surface area (Å²) in [6.07, 6.45) is 7.39. The third-order valence-electron chi connectivity index (χ3n) is 7.69. The van der Waals surface area contributed by atoms with Gasteiger partial charge in [0.2, 0.25) is 0 Å². The fourth-order valence-electron chi connectivity index (χ4n) is 6.66. The van der Waals surface area contributed by atoms with Gasteiger partial charge in [-0.15, -0.1) is 11.8 Å². The van der Waals surface area contributed by atoms with Gasteiger partial charge in [0.1, 0.15) is 5.75 Å². The Bertz CT molecular complexity index is 1140. The van der Waals surface area contributed by atoms with Gasteiger partial charge in [-0.05, 0) is 88.8 Å². The zero-order valence-corrected chi connectivity index (χ0v) is 17.7. The standard InChI is InChI=1S/C25H24OS2/c1-28-23-10-18-19(9-15(23)13-27)24-17-4-2-3-5-20(17)25(21(24)11-22(18)26)12-14-6-7-16(25)8-14/h2-5,9-11,14,16,26-27H,6-8,12-13H2,1H3. The van der Waals surface area contributed by atoms with Crippen molar-refractivity contribution in [2.75, 3.05) is 6.26 Å². The van der Waals surface area contributed by atoms with Crippen LogP contribution in [0.4, 0.5) is 0 Å². The maximum atomic E-state index is 11.1. The van der Waals surface area contributed by atoms with E-state index in [2.05, 4.69) is 61.3 Å². The van der Waals surface area contributed by atoms with Crippen molar-refractivity contribution in [1.82, 2.24) is 0 Å². The average Bonchev–Trinajstić information content (AvgIpc) is 3.41. The van der Waals surface area contributed by atoms with Crippen molar-refractivity contribution in [3.63, 3.8) is 0 Å². The minimum Gasteiger partial charge on any atom is -0.507 e. The van der Waals surface area contributed by atoms with Crippen LogP contribution in [0.5, 0.6) is 5.75 Å². The predicted molar refractivity (Wildman–Crippen MR) is 122 cm³/mol. The van der Waals surface area contributed by atoms with Crippen molar-refractivity contribution in [2.24, 2.45) is 11.8 Å². The first-order chi connectivity index (χ1) is 13.7. The van der Waals surface area contributed by atoms with Crippen molar-refractivity contribution in [2.45, 2.75) is 41.7 Å². The van der Waals surface area contributed by atoms with Crippen LogP contribution in [0.2, 0.25) is 0 Å². The lowest BCUT2D eigenvalue weighted by molar-refractivity contribution is 0.326. The molecule has 142 valence electrons. The number of hydrogen-bond donors (Lipinski definition) is 2. The summed E-state index contributed by atoms with van der Waals surface area (Å²) in [4.78, 5) is 1.21. The molecule has 2 bridgehead atoms. The Morgan fingerprint density at radius 3 is 2.68 bits per heavy atom. The topological polar surface area (TPSA) is 20.2 Å². The molecule has 3 atom stereocenters. The van der Waals surface area contributed by atoms with Crippen LogP contribution in [0.15, 0.2) is 47.4 Å². The zero-order chi connectivity index (χ0) is 19.0. The first-order valence-electron chi connectivity index (χ1n) is 10.2. The number of benzene rings is 3. The van der Waals surface area contributed by atoms with Gasteiger partial charge in [-0.25, -0.2) is 0 Å². The Morgan fingerprint density at radius 2 is 1.96 bits per heavy atom. The molecule has 2 fully saturated rings. The van der Waals surface area contributed by atoms with Gasteiger partial charge in [0.05, 0.1) is 0 Å². The summed E-state index contributed by atoms with van der Waals surface area (Å²) in [5.74, 6) is 2.71. The number of hydrogen-bond acceptors (Lipinski definition) is 3. The SMILES string of the molecule is CSc1cc2c(O)cc3c(c2cc1CS)-c1ccccc1C31CC2CCC1C2. The highest BCUT2D eigenvalue weighted by Crippen LogP contribution is 2.66. The molecule has 1 N–H and O–H groups in total. The Hall–Kier alpha value is -1.58. The summed E-state index contributed by atoms with van der Waals surface area (Å²) in [5.41, 5.74) is 7.00. The highest BCUT2D eigenvalue weighted by molar-refractivity contribution is 7.98. The van der Waals surface area contributed by atoms with Crippen molar-refractivity contribution < 1.29 is 5.11 Å². The van der Waals surface area contributed by atoms with Gasteiger partial charge in [0.15, 0.2) is 0 Å². The molecule has 0 saturated heterocycles. The molecule has 3 aliphatic rings. The van der Waals surface area contributed by atoms with Gasteiger partial charge in [-0.1, -0.05) is 30.7 Å². The second kappa shape index (κ2) is 5.96. The highest BCUT2D eigenvalue weighted by atomic mass is 32.2. The molecule has 3 aromatic rings. The normalized spacial score (nSPS) is 26.9. The first kappa shape index (κ1) is 17.3. The molecule has 0 aromatic heterocycles. The number of thiol groups is 1. The molecule has 28 heavy (non-hydrogen) atoms. The van der Waals surface area contributed by atoms with Gasteiger partial charge >= 0.3 is 0 Å². The summed E-state index contributed by atoms with van der Waals surface area (Å²) >= 11 is 6.32. The fourth-order valence-corrected chi connectivity index (χ4v) is 7.65. The van der Waals surface area contributed by atoms with Gasteiger partial charge < -0.3 is 5.11 Å². The Labute approximate surface area is 176 Å². The third kappa shape index (κ3) is 2.02. The molecular formula is C25H24OS2. The molecule has 0 amide bonds. The second-order valence-corrected chi connectivity index (χ2v) is 9.95. The summed E-state index contributed by atoms with van der Waals surface area (Å²) in [6, 6.07) is 15.6. The van der Waals surface area contributed by atoms with E-state index in [1.807, 2.05) is 0 Å². The molecule has 3 heteroatoms. The minimum atomic E-state index is 0.111. The molecule has 0 heterocycles. The van der Waals surface area contributed by atoms with Crippen LogP contribution in [0, 0.1) is 11.8 Å². The Morgan fingerprint density at radius 1 is 1.11 bits per heavy atom. The van der Waals surface area contributed by atoms with Crippen molar-refractivity contribution in [1.29, 1.82) is 0 Å². The van der Waals surface area contributed by atoms with Crippen LogP contribution >= 0.6 is 24.4 Å². The smallest absolute Gasteiger partial charge is 0.123 e. The molecule has 1 spiro atoms. The third-order valence-corrected chi connectivity index (χ3v) is 8.85. The van der Waals surface area contributed by atoms with E-state index in [9.17, 15) is 5.11 Å². The molecule has 2 saturated carbocycles. The molecule has 3 aliphatic carbocycles. The molecule has 3 unspecified atom stereocenters. The maximum absolute atomic E-state index is 11.1. The van der Waals surface area contributed by atoms with E-state index in [1.165, 1.54) is 63.8 Å². The van der Waals surface area contributed by atoms with Crippen molar-refractivity contribution in [3.05, 3.63) is 59.2 Å². The quantitative estimate of drug-likeness (QED) is 0.362. The number of rotatable bonds is 2. The molecule has 6 rings (SSSR count). The van der Waals surface area contributed by atoms with Crippen LogP contribution in [-0.2, 0) is 11.2 Å². The first-order valence-corrected chi connectivity index (χ1v) is 12.1. The number of thioether (sulfide) groups is 1. The Balaban J connectivity index is 1.74. The summed E-state index contributed by atoms with van der Waals surface area (Å²) in [6.45, 7) is 0. The number of phenols is 1. The number of phenolic OH excluding ortho intramolecular Hbond substituents is 1. The number of aromatic hydroxyl groups is 1. The van der Waals surface area contributed by atoms with Crippen LogP contribution < -0.4 is 0 Å². The number of fused-ring (bicyclic) bond motifs is 10. The molecule has 0 aliphatic heterocycles. The fraction of sp³-hybridized carbons (Fsp3) is 0.360. The van der Waals surface area contributed by atoms with E-state index < -0.39 is 0 Å². The van der Waals surface area contributed by atoms with Crippen LogP contribution in [0.3, 0.4) is 0 Å². The molecule has 3 aromatic carbocycles. The largest absolute Gasteiger partial charge is 0.507 e. The maximum Gasteiger partial charge on any atom is 0.123 e. The van der Waals surface area contributed by atoms with Crippen LogP contribution in [0.1, 0.15) is 42.4 Å². The summed E-state index contributed by atoms with van der Waals surface area (Å²) in [5, 5.41) is 13.3. The van der Waals surface area contributed by atoms with Crippen LogP contribution in [-0.4, -0.2) is 11.4 Å². The van der Waals surface area contributed by atoms with E-state index >= 15 is 0 Å². The van der Waals surface area contributed by atoms with Gasteiger partial charge in [0, 0.05) is 21.4 Å². The second-order valence-electron chi connectivity index (χ2n) is 8.78. The van der Waals surface area contributed by atoms with E-state index in [1.54, 1.807) is 11.8 Å². The van der Waals surface area contributed by atoms with E-state index in [-0.39, 0.29) is 5.41 Å². The van der Waals surface area contributed by atoms with E-state index in [0.29, 0.717) is 17.4 Å². The zero-order valence-electron chi connectivity index (χ0n) is 16.0. The lowest BCUT2D eigenvalue weighted by Crippen LogP contribution is -2.31.